The maximum absolute atomic E-state index is 12.3. The Hall–Kier alpha value is -2.69. The highest BCUT2D eigenvalue weighted by atomic mass is 16.5. The van der Waals surface area contributed by atoms with E-state index in [1.54, 1.807) is 32.0 Å². The number of urea groups is 1. The van der Waals surface area contributed by atoms with Crippen LogP contribution in [-0.2, 0) is 15.1 Å². The molecule has 1 atom stereocenters. The fraction of sp³-hybridized carbons (Fsp3) is 0.438. The number of rotatable bonds is 7. The molecule has 0 aromatic heterocycles. The summed E-state index contributed by atoms with van der Waals surface area (Å²) < 4.78 is 0. The summed E-state index contributed by atoms with van der Waals surface area (Å²) in [5.74, 6) is -3.25. The molecule has 0 spiro atoms. The van der Waals surface area contributed by atoms with Crippen LogP contribution in [0.15, 0.2) is 30.3 Å². The molecule has 1 rings (SSSR count). The van der Waals surface area contributed by atoms with Crippen molar-refractivity contribution in [1.82, 2.24) is 15.9 Å². The first-order valence-electron chi connectivity index (χ1n) is 7.81. The van der Waals surface area contributed by atoms with Gasteiger partial charge in [-0.05, 0) is 18.4 Å². The van der Waals surface area contributed by atoms with Crippen LogP contribution in [0.5, 0.6) is 0 Å². The summed E-state index contributed by atoms with van der Waals surface area (Å²) in [6.45, 7) is 4.73. The van der Waals surface area contributed by atoms with E-state index in [9.17, 15) is 19.5 Å². The smallest absolute Gasteiger partial charge is 0.315 e. The zero-order valence-electron chi connectivity index (χ0n) is 14.8. The second-order valence-electron chi connectivity index (χ2n) is 6.37. The molecule has 1 unspecified atom stereocenters. The van der Waals surface area contributed by atoms with E-state index in [2.05, 4.69) is 0 Å². The molecule has 0 bridgehead atoms. The lowest BCUT2D eigenvalue weighted by Crippen LogP contribution is -2.73. The Morgan fingerprint density at radius 3 is 1.92 bits per heavy atom. The molecule has 1 aromatic rings. The summed E-state index contributed by atoms with van der Waals surface area (Å²) in [7, 11) is 0. The molecule has 0 saturated heterocycles. The number of carbonyl (C=O) groups excluding carboxylic acids is 3. The number of carbonyl (C=O) groups is 3. The average Bonchev–Trinajstić information content (AvgIpc) is 2.63. The molecule has 4 amide bonds. The fourth-order valence-electron chi connectivity index (χ4n) is 2.89. The Labute approximate surface area is 150 Å². The lowest BCUT2D eigenvalue weighted by molar-refractivity contribution is -0.181. The topological polar surface area (TPSA) is 165 Å². The lowest BCUT2D eigenvalue weighted by atomic mass is 9.73. The quantitative estimate of drug-likeness (QED) is 0.219. The maximum atomic E-state index is 12.3. The van der Waals surface area contributed by atoms with Crippen molar-refractivity contribution in [2.24, 2.45) is 11.7 Å². The van der Waals surface area contributed by atoms with Crippen LogP contribution in [0, 0.1) is 5.92 Å². The van der Waals surface area contributed by atoms with E-state index in [0.29, 0.717) is 0 Å². The first kappa shape index (κ1) is 21.4. The molecule has 1 aromatic carbocycles. The van der Waals surface area contributed by atoms with Crippen LogP contribution in [0.25, 0.3) is 0 Å². The maximum Gasteiger partial charge on any atom is 0.315 e. The van der Waals surface area contributed by atoms with Gasteiger partial charge in [0.05, 0.1) is 0 Å². The standard InChI is InChI=1S/C16H24N4O6/c1-10(2)9-20(14(17)23)15(3,11-7-5-4-6-8-11)16(24,12(21)18-25)13(22)19-26/h4-8,10,24-26H,9H2,1-3H3,(H2,17,23)(H,18,21)(H,19,22). The second-order valence-corrected chi connectivity index (χ2v) is 6.37. The number of nitrogens with zero attached hydrogens (tertiary/aromatic N) is 1. The Morgan fingerprint density at radius 1 is 1.12 bits per heavy atom. The number of hydroxylamine groups is 2. The normalized spacial score (nSPS) is 13.7. The van der Waals surface area contributed by atoms with E-state index in [1.807, 2.05) is 0 Å². The van der Waals surface area contributed by atoms with Gasteiger partial charge in [0, 0.05) is 6.54 Å². The van der Waals surface area contributed by atoms with Crippen molar-refractivity contribution in [2.45, 2.75) is 31.9 Å². The SMILES string of the molecule is CC(C)CN(C(N)=O)C(C)(c1ccccc1)C(O)(C(=O)NO)C(=O)NO. The Morgan fingerprint density at radius 2 is 1.58 bits per heavy atom. The van der Waals surface area contributed by atoms with Crippen molar-refractivity contribution in [2.75, 3.05) is 6.54 Å². The van der Waals surface area contributed by atoms with Gasteiger partial charge in [0.2, 0.25) is 0 Å². The molecule has 0 heterocycles. The highest BCUT2D eigenvalue weighted by molar-refractivity contribution is 6.09. The molecule has 144 valence electrons. The van der Waals surface area contributed by atoms with E-state index < -0.39 is 29.0 Å². The molecule has 7 N–H and O–H groups in total. The molecule has 0 radical (unpaired) electrons. The zero-order chi connectivity index (χ0) is 20.1. The molecule has 0 aliphatic carbocycles. The van der Waals surface area contributed by atoms with Gasteiger partial charge >= 0.3 is 6.03 Å². The minimum atomic E-state index is -3.11. The minimum absolute atomic E-state index is 0.0273. The number of aliphatic hydroxyl groups is 1. The first-order valence-corrected chi connectivity index (χ1v) is 7.81. The Kier molecular flexibility index (Phi) is 6.67. The molecule has 0 aliphatic rings. The van der Waals surface area contributed by atoms with Crippen LogP contribution >= 0.6 is 0 Å². The van der Waals surface area contributed by atoms with Gasteiger partial charge in [-0.15, -0.1) is 0 Å². The lowest BCUT2D eigenvalue weighted by Gasteiger charge is -2.48. The van der Waals surface area contributed by atoms with Gasteiger partial charge in [0.1, 0.15) is 5.54 Å². The van der Waals surface area contributed by atoms with Gasteiger partial charge in [-0.1, -0.05) is 44.2 Å². The van der Waals surface area contributed by atoms with Crippen LogP contribution in [0.2, 0.25) is 0 Å². The molecule has 0 aliphatic heterocycles. The average molecular weight is 368 g/mol. The third-order valence-corrected chi connectivity index (χ3v) is 4.25. The largest absolute Gasteiger partial charge is 0.369 e. The van der Waals surface area contributed by atoms with Crippen LogP contribution in [0.3, 0.4) is 0 Å². The van der Waals surface area contributed by atoms with Crippen molar-refractivity contribution in [3.8, 4) is 0 Å². The van der Waals surface area contributed by atoms with E-state index in [0.717, 1.165) is 4.90 Å². The van der Waals surface area contributed by atoms with Crippen molar-refractivity contribution >= 4 is 17.8 Å². The summed E-state index contributed by atoms with van der Waals surface area (Å²) >= 11 is 0. The number of nitrogens with one attached hydrogen (secondary N) is 2. The molecule has 26 heavy (non-hydrogen) atoms. The minimum Gasteiger partial charge on any atom is -0.369 e. The zero-order valence-corrected chi connectivity index (χ0v) is 14.8. The van der Waals surface area contributed by atoms with Gasteiger partial charge in [-0.3, -0.25) is 20.0 Å². The molecule has 10 nitrogen and oxygen atoms in total. The van der Waals surface area contributed by atoms with Crippen LogP contribution in [0.1, 0.15) is 26.3 Å². The van der Waals surface area contributed by atoms with Crippen LogP contribution in [-0.4, -0.2) is 50.4 Å². The number of amides is 4. The highest BCUT2D eigenvalue weighted by Crippen LogP contribution is 2.40. The van der Waals surface area contributed by atoms with Crippen molar-refractivity contribution in [1.29, 1.82) is 0 Å². The number of hydrogen-bond acceptors (Lipinski definition) is 6. The Bertz CT molecular complexity index is 650. The molecule has 0 saturated carbocycles. The van der Waals surface area contributed by atoms with E-state index in [1.165, 1.54) is 30.0 Å². The predicted molar refractivity (Wildman–Crippen MR) is 89.7 cm³/mol. The predicted octanol–water partition coefficient (Wildman–Crippen LogP) is -0.320. The summed E-state index contributed by atoms with van der Waals surface area (Å²) in [5, 5.41) is 29.2. The summed E-state index contributed by atoms with van der Waals surface area (Å²) in [6, 6.07) is 6.71. The summed E-state index contributed by atoms with van der Waals surface area (Å²) in [6.07, 6.45) is 0. The van der Waals surface area contributed by atoms with Gasteiger partial charge < -0.3 is 15.7 Å². The van der Waals surface area contributed by atoms with E-state index >= 15 is 0 Å². The molecule has 0 fully saturated rings. The monoisotopic (exact) mass is 368 g/mol. The van der Waals surface area contributed by atoms with Crippen LogP contribution < -0.4 is 16.7 Å². The van der Waals surface area contributed by atoms with E-state index in [4.69, 9.17) is 16.1 Å². The summed E-state index contributed by atoms with van der Waals surface area (Å²) in [5.41, 5.74) is 2.88. The van der Waals surface area contributed by atoms with Gasteiger partial charge in [0.25, 0.3) is 17.4 Å². The molecular formula is C16H24N4O6. The molecule has 10 heteroatoms. The number of nitrogens with two attached hydrogens (primary N) is 1. The van der Waals surface area contributed by atoms with Crippen molar-refractivity contribution in [3.05, 3.63) is 35.9 Å². The molecular weight excluding hydrogens is 344 g/mol. The highest BCUT2D eigenvalue weighted by Gasteiger charge is 2.63. The number of benzene rings is 1. The van der Waals surface area contributed by atoms with Gasteiger partial charge in [-0.25, -0.2) is 15.8 Å². The number of hydrogen-bond donors (Lipinski definition) is 6. The van der Waals surface area contributed by atoms with Crippen molar-refractivity contribution in [3.63, 3.8) is 0 Å². The second kappa shape index (κ2) is 8.13. The van der Waals surface area contributed by atoms with E-state index in [-0.39, 0.29) is 18.0 Å². The summed E-state index contributed by atoms with van der Waals surface area (Å²) in [4.78, 5) is 37.7. The fourth-order valence-corrected chi connectivity index (χ4v) is 2.89. The third-order valence-electron chi connectivity index (χ3n) is 4.25. The third kappa shape index (κ3) is 3.47. The van der Waals surface area contributed by atoms with Gasteiger partial charge in [-0.2, -0.15) is 0 Å². The van der Waals surface area contributed by atoms with Crippen molar-refractivity contribution < 1.29 is 29.9 Å². The first-order chi connectivity index (χ1) is 12.1. The Balaban J connectivity index is 3.85. The van der Waals surface area contributed by atoms with Crippen LogP contribution in [0.4, 0.5) is 4.79 Å². The number of primary amides is 1. The van der Waals surface area contributed by atoms with Gasteiger partial charge in [0.15, 0.2) is 0 Å².